The number of urea groups is 1. The summed E-state index contributed by atoms with van der Waals surface area (Å²) in [5.74, 6) is -0.0975. The topological polar surface area (TPSA) is 62.2 Å². The minimum absolute atomic E-state index is 0.0335. The summed E-state index contributed by atoms with van der Waals surface area (Å²) in [7, 11) is 2.89. The lowest BCUT2D eigenvalue weighted by atomic mass is 10.3. The molecule has 9 heteroatoms. The van der Waals surface area contributed by atoms with E-state index in [2.05, 4.69) is 20.9 Å². The van der Waals surface area contributed by atoms with Crippen molar-refractivity contribution >= 4 is 62.6 Å². The minimum atomic E-state index is -0.579. The third kappa shape index (κ3) is 3.11. The van der Waals surface area contributed by atoms with Gasteiger partial charge in [-0.2, -0.15) is 0 Å². The zero-order valence-corrected chi connectivity index (χ0v) is 14.6. The number of hydrogen-bond donors (Lipinski definition) is 0. The van der Waals surface area contributed by atoms with Crippen LogP contribution in [0, 0.1) is 0 Å². The lowest BCUT2D eigenvalue weighted by Gasteiger charge is -2.15. The summed E-state index contributed by atoms with van der Waals surface area (Å²) in [6.45, 7) is 0. The van der Waals surface area contributed by atoms with Crippen molar-refractivity contribution in [3.63, 3.8) is 0 Å². The number of carbonyl (C=O) groups excluding carboxylic acids is 2. The van der Waals surface area contributed by atoms with E-state index in [0.717, 1.165) is 9.80 Å². The maximum absolute atomic E-state index is 12.2. The minimum Gasteiger partial charge on any atom is -0.497 e. The van der Waals surface area contributed by atoms with Crippen molar-refractivity contribution in [3.8, 4) is 5.75 Å². The van der Waals surface area contributed by atoms with E-state index in [1.54, 1.807) is 24.3 Å². The van der Waals surface area contributed by atoms with Crippen LogP contribution in [0.4, 0.5) is 10.5 Å². The normalized spacial score (nSPS) is 18.1. The Balaban J connectivity index is 2.51. The highest BCUT2D eigenvalue weighted by Gasteiger charge is 2.41. The van der Waals surface area contributed by atoms with Gasteiger partial charge >= 0.3 is 6.03 Å². The van der Waals surface area contributed by atoms with Crippen LogP contribution in [-0.4, -0.2) is 36.8 Å². The van der Waals surface area contributed by atoms with Crippen LogP contribution in [0.5, 0.6) is 5.75 Å². The van der Waals surface area contributed by atoms with Crippen LogP contribution in [0.15, 0.2) is 38.4 Å². The van der Waals surface area contributed by atoms with Gasteiger partial charge in [0.2, 0.25) is 5.84 Å². The Morgan fingerprint density at radius 3 is 2.32 bits per heavy atom. The van der Waals surface area contributed by atoms with Gasteiger partial charge in [0.05, 0.1) is 12.8 Å². The molecule has 1 heterocycles. The van der Waals surface area contributed by atoms with E-state index in [0.29, 0.717) is 11.4 Å². The quantitative estimate of drug-likeness (QED) is 0.570. The van der Waals surface area contributed by atoms with Gasteiger partial charge in [0.25, 0.3) is 5.91 Å². The number of carbonyl (C=O) groups is 2. The summed E-state index contributed by atoms with van der Waals surface area (Å²) in [4.78, 5) is 30.4. The molecule has 1 saturated heterocycles. The molecule has 0 unspecified atom stereocenters. The van der Waals surface area contributed by atoms with Gasteiger partial charge in [0.1, 0.15) is 9.69 Å². The molecule has 2 rings (SSSR count). The van der Waals surface area contributed by atoms with Crippen molar-refractivity contribution in [3.05, 3.63) is 33.4 Å². The standard InChI is InChI=1S/C13H10BrCl2N3O3/c1-18-12(20)11(17-10(16)9(14)15)19(13(18)21)7-3-5-8(22-2)6-4-7/h3-6H,1-2H3/b10-9-,17-11+. The van der Waals surface area contributed by atoms with Crippen molar-refractivity contribution in [2.75, 3.05) is 19.1 Å². The molecule has 116 valence electrons. The Labute approximate surface area is 145 Å². The second kappa shape index (κ2) is 6.68. The average Bonchev–Trinajstić information content (AvgIpc) is 2.72. The maximum Gasteiger partial charge on any atom is 0.337 e. The number of rotatable bonds is 3. The highest BCUT2D eigenvalue weighted by atomic mass is 79.9. The van der Waals surface area contributed by atoms with Crippen molar-refractivity contribution in [1.82, 2.24) is 4.90 Å². The smallest absolute Gasteiger partial charge is 0.337 e. The van der Waals surface area contributed by atoms with E-state index in [1.165, 1.54) is 14.2 Å². The molecule has 0 radical (unpaired) electrons. The molecule has 0 N–H and O–H groups in total. The van der Waals surface area contributed by atoms with E-state index < -0.39 is 11.9 Å². The van der Waals surface area contributed by atoms with E-state index in [9.17, 15) is 9.59 Å². The van der Waals surface area contributed by atoms with E-state index in [-0.39, 0.29) is 14.9 Å². The van der Waals surface area contributed by atoms with Crippen molar-refractivity contribution in [2.45, 2.75) is 0 Å². The number of methoxy groups -OCH3 is 1. The fourth-order valence-corrected chi connectivity index (χ4v) is 1.98. The second-order valence-corrected chi connectivity index (χ2v) is 6.15. The van der Waals surface area contributed by atoms with Gasteiger partial charge < -0.3 is 4.74 Å². The first-order valence-corrected chi connectivity index (χ1v) is 7.47. The van der Waals surface area contributed by atoms with Crippen LogP contribution in [-0.2, 0) is 4.79 Å². The summed E-state index contributed by atoms with van der Waals surface area (Å²) >= 11 is 14.5. The fraction of sp³-hybridized carbons (Fsp3) is 0.154. The van der Waals surface area contributed by atoms with Gasteiger partial charge in [-0.05, 0) is 40.2 Å². The first-order valence-electron chi connectivity index (χ1n) is 5.92. The Kier molecular flexibility index (Phi) is 5.10. The van der Waals surface area contributed by atoms with Gasteiger partial charge in [-0.25, -0.2) is 14.7 Å². The van der Waals surface area contributed by atoms with E-state index in [4.69, 9.17) is 27.9 Å². The highest BCUT2D eigenvalue weighted by molar-refractivity contribution is 9.12. The molecule has 0 bridgehead atoms. The predicted molar refractivity (Wildman–Crippen MR) is 88.7 cm³/mol. The van der Waals surface area contributed by atoms with Crippen LogP contribution < -0.4 is 9.64 Å². The molecule has 0 spiro atoms. The molecule has 1 aromatic rings. The zero-order valence-electron chi connectivity index (χ0n) is 11.5. The molecule has 3 amide bonds. The van der Waals surface area contributed by atoms with E-state index in [1.807, 2.05) is 0 Å². The number of halogens is 3. The molecule has 0 saturated carbocycles. The molecule has 1 fully saturated rings. The monoisotopic (exact) mass is 405 g/mol. The molecule has 0 atom stereocenters. The van der Waals surface area contributed by atoms with Crippen molar-refractivity contribution in [2.24, 2.45) is 4.99 Å². The molecule has 0 aromatic heterocycles. The third-order valence-corrected chi connectivity index (χ3v) is 4.03. The largest absolute Gasteiger partial charge is 0.497 e. The third-order valence-electron chi connectivity index (χ3n) is 2.88. The Bertz CT molecular complexity index is 684. The van der Waals surface area contributed by atoms with Crippen LogP contribution in [0.3, 0.4) is 0 Å². The lowest BCUT2D eigenvalue weighted by molar-refractivity contribution is -0.119. The van der Waals surface area contributed by atoms with Crippen LogP contribution in [0.25, 0.3) is 0 Å². The molecule has 6 nitrogen and oxygen atoms in total. The molecular weight excluding hydrogens is 397 g/mol. The first-order chi connectivity index (χ1) is 10.4. The molecule has 0 aliphatic carbocycles. The second-order valence-electron chi connectivity index (χ2n) is 4.17. The van der Waals surface area contributed by atoms with Gasteiger partial charge in [-0.15, -0.1) is 0 Å². The highest BCUT2D eigenvalue weighted by Crippen LogP contribution is 2.27. The summed E-state index contributed by atoms with van der Waals surface area (Å²) in [6.07, 6.45) is 0. The average molecular weight is 407 g/mol. The number of ether oxygens (including phenoxy) is 1. The van der Waals surface area contributed by atoms with Gasteiger partial charge in [-0.1, -0.05) is 23.2 Å². The predicted octanol–water partition coefficient (Wildman–Crippen LogP) is 3.49. The summed E-state index contributed by atoms with van der Waals surface area (Å²) in [6, 6.07) is 6.05. The number of benzene rings is 1. The van der Waals surface area contributed by atoms with Crippen LogP contribution in [0.1, 0.15) is 0 Å². The molecule has 22 heavy (non-hydrogen) atoms. The SMILES string of the molecule is COc1ccc(N2C(=O)N(C)C(=O)/C2=N\C(Cl)=C(/Cl)Br)cc1. The molecule has 1 aliphatic rings. The molecule has 1 aliphatic heterocycles. The number of likely N-dealkylation sites (N-methyl/N-ethyl adjacent to an activating group) is 1. The number of nitrogens with zero attached hydrogens (tertiary/aromatic N) is 3. The summed E-state index contributed by atoms with van der Waals surface area (Å²) in [5, 5.41) is -0.133. The number of anilines is 1. The van der Waals surface area contributed by atoms with Crippen LogP contribution >= 0.6 is 39.1 Å². The van der Waals surface area contributed by atoms with Crippen LogP contribution in [0.2, 0.25) is 0 Å². The van der Waals surface area contributed by atoms with Crippen molar-refractivity contribution in [1.29, 1.82) is 0 Å². The number of aliphatic imine (C=N–C) groups is 1. The Hall–Kier alpha value is -1.57. The molecular formula is C13H10BrCl2N3O3. The number of imide groups is 1. The van der Waals surface area contributed by atoms with Crippen molar-refractivity contribution < 1.29 is 14.3 Å². The number of amides is 3. The summed E-state index contributed by atoms with van der Waals surface area (Å²) < 4.78 is 5.09. The Morgan fingerprint density at radius 2 is 1.82 bits per heavy atom. The maximum atomic E-state index is 12.2. The number of hydrogen-bond acceptors (Lipinski definition) is 4. The Morgan fingerprint density at radius 1 is 1.23 bits per heavy atom. The lowest BCUT2D eigenvalue weighted by Crippen LogP contribution is -2.31. The van der Waals surface area contributed by atoms with Gasteiger partial charge in [0.15, 0.2) is 5.16 Å². The van der Waals surface area contributed by atoms with Gasteiger partial charge in [0, 0.05) is 7.05 Å². The summed E-state index contributed by atoms with van der Waals surface area (Å²) in [5.41, 5.74) is 0.456. The fourth-order valence-electron chi connectivity index (χ4n) is 1.77. The molecule has 1 aromatic carbocycles. The van der Waals surface area contributed by atoms with Gasteiger partial charge in [-0.3, -0.25) is 9.69 Å². The number of amidine groups is 1. The van der Waals surface area contributed by atoms with E-state index >= 15 is 0 Å². The zero-order chi connectivity index (χ0) is 16.4. The first kappa shape index (κ1) is 16.8.